The minimum absolute atomic E-state index is 0.147. The maximum Gasteiger partial charge on any atom is 0.227 e. The molecule has 0 saturated carbocycles. The number of nitrogens with zero attached hydrogens (tertiary/aromatic N) is 3. The number of anilines is 3. The lowest BCUT2D eigenvalue weighted by molar-refractivity contribution is 0.417. The molecule has 30 heavy (non-hydrogen) atoms. The van der Waals surface area contributed by atoms with Crippen LogP contribution in [0.4, 0.5) is 21.8 Å². The molecule has 1 aromatic heterocycles. The van der Waals surface area contributed by atoms with Crippen LogP contribution in [0.2, 0.25) is 0 Å². The van der Waals surface area contributed by atoms with Crippen molar-refractivity contribution in [3.63, 3.8) is 0 Å². The first-order chi connectivity index (χ1) is 14.5. The van der Waals surface area contributed by atoms with E-state index in [-0.39, 0.29) is 16.8 Å². The van der Waals surface area contributed by atoms with Crippen LogP contribution in [0.3, 0.4) is 0 Å². The predicted molar refractivity (Wildman–Crippen MR) is 114 cm³/mol. The zero-order valence-corrected chi connectivity index (χ0v) is 17.0. The van der Waals surface area contributed by atoms with Crippen LogP contribution < -0.4 is 14.9 Å². The summed E-state index contributed by atoms with van der Waals surface area (Å²) < 4.78 is 41.7. The van der Waals surface area contributed by atoms with Crippen LogP contribution in [0.15, 0.2) is 71.8 Å². The summed E-state index contributed by atoms with van der Waals surface area (Å²) in [6, 6.07) is 16.3. The number of piperidine rings is 1. The highest BCUT2D eigenvalue weighted by Gasteiger charge is 2.28. The Labute approximate surface area is 175 Å². The summed E-state index contributed by atoms with van der Waals surface area (Å²) in [6.07, 6.45) is 2.90. The highest BCUT2D eigenvalue weighted by atomic mass is 32.3. The molecule has 1 fully saturated rings. The van der Waals surface area contributed by atoms with Crippen LogP contribution >= 0.6 is 0 Å². The van der Waals surface area contributed by atoms with Crippen molar-refractivity contribution >= 4 is 27.9 Å². The van der Waals surface area contributed by atoms with Crippen molar-refractivity contribution in [1.82, 2.24) is 14.7 Å². The lowest BCUT2D eigenvalue weighted by Gasteiger charge is -2.32. The summed E-state index contributed by atoms with van der Waals surface area (Å²) >= 11 is 0. The van der Waals surface area contributed by atoms with Gasteiger partial charge in [0.25, 0.3) is 0 Å². The van der Waals surface area contributed by atoms with Crippen molar-refractivity contribution in [3.8, 4) is 0 Å². The summed E-state index contributed by atoms with van der Waals surface area (Å²) in [6.45, 7) is 1.23. The molecule has 2 heterocycles. The van der Waals surface area contributed by atoms with Gasteiger partial charge in [0, 0.05) is 19.3 Å². The topological polar surface area (TPSA) is 93.2 Å². The quantitative estimate of drug-likeness (QED) is 0.585. The molecule has 0 bridgehead atoms. The first-order valence-corrected chi connectivity index (χ1v) is 11.2. The van der Waals surface area contributed by atoms with Gasteiger partial charge in [-0.25, -0.2) is 9.37 Å². The van der Waals surface area contributed by atoms with Crippen molar-refractivity contribution in [1.29, 1.82) is 0 Å². The number of halogens is 1. The lowest BCUT2D eigenvalue weighted by Crippen LogP contribution is -2.47. The van der Waals surface area contributed by atoms with E-state index in [1.54, 1.807) is 60.8 Å². The second kappa shape index (κ2) is 8.86. The third kappa shape index (κ3) is 4.81. The van der Waals surface area contributed by atoms with Gasteiger partial charge in [-0.05, 0) is 43.2 Å². The van der Waals surface area contributed by atoms with Crippen LogP contribution in [0.25, 0.3) is 0 Å². The standard InChI is InChI=1S/C21H22FN5O2S/c22-18-8-4-5-9-19(18)24-20-10-13-23-21(25-20)27-14-11-16(12-15-27)26-30(28,29)17-6-2-1-3-7-17/h1-10,13,16H,11-12,14-15H2,(H2-,23,24,25,26,28,29). The molecule has 9 heteroatoms. The Balaban J connectivity index is 1.37. The molecule has 7 nitrogen and oxygen atoms in total. The Morgan fingerprint density at radius 2 is 1.73 bits per heavy atom. The van der Waals surface area contributed by atoms with Gasteiger partial charge in [0.15, 0.2) is 15.3 Å². The third-order valence-corrected chi connectivity index (χ3v) is 6.47. The van der Waals surface area contributed by atoms with Gasteiger partial charge in [-0.2, -0.15) is 4.98 Å². The summed E-state index contributed by atoms with van der Waals surface area (Å²) in [4.78, 5) is 11.1. The van der Waals surface area contributed by atoms with Gasteiger partial charge in [-0.3, -0.25) is 0 Å². The summed E-state index contributed by atoms with van der Waals surface area (Å²) in [5.74, 6) is 0.668. The summed E-state index contributed by atoms with van der Waals surface area (Å²) in [5.41, 5.74) is 0.344. The fourth-order valence-electron chi connectivity index (χ4n) is 3.36. The fourth-order valence-corrected chi connectivity index (χ4v) is 4.68. The third-order valence-electron chi connectivity index (χ3n) is 4.93. The predicted octanol–water partition coefficient (Wildman–Crippen LogP) is 3.52. The van der Waals surface area contributed by atoms with Crippen LogP contribution in [0.1, 0.15) is 12.8 Å². The van der Waals surface area contributed by atoms with E-state index in [1.807, 2.05) is 4.90 Å². The molecule has 0 aliphatic carbocycles. The molecule has 0 spiro atoms. The van der Waals surface area contributed by atoms with Crippen molar-refractivity contribution in [2.45, 2.75) is 23.8 Å². The van der Waals surface area contributed by atoms with Crippen LogP contribution in [0, 0.1) is 5.82 Å². The zero-order valence-electron chi connectivity index (χ0n) is 16.2. The van der Waals surface area contributed by atoms with E-state index in [9.17, 15) is 13.2 Å². The number of nitrogens with one attached hydrogen (secondary N) is 2. The van der Waals surface area contributed by atoms with Crippen molar-refractivity contribution < 1.29 is 13.2 Å². The van der Waals surface area contributed by atoms with Gasteiger partial charge in [0.2, 0.25) is 5.95 Å². The second-order valence-corrected chi connectivity index (χ2v) is 8.76. The summed E-state index contributed by atoms with van der Waals surface area (Å²) in [5, 5.41) is 2.97. The molecule has 3 aromatic rings. The van der Waals surface area contributed by atoms with E-state index in [2.05, 4.69) is 20.0 Å². The van der Waals surface area contributed by atoms with E-state index in [1.165, 1.54) is 6.07 Å². The lowest BCUT2D eigenvalue weighted by atomic mass is 10.1. The van der Waals surface area contributed by atoms with Crippen molar-refractivity contribution in [3.05, 3.63) is 72.7 Å². The first kappa shape index (κ1) is 20.4. The van der Waals surface area contributed by atoms with Gasteiger partial charge in [0.1, 0.15) is 11.6 Å². The Kier molecular flexibility index (Phi) is 6.03. The number of hydrogen-bond acceptors (Lipinski definition) is 6. The molecular formula is C21H22FN5O2S. The molecule has 2 N–H and O–H groups in total. The zero-order chi connectivity index (χ0) is 21.0. The van der Waals surface area contributed by atoms with Gasteiger partial charge >= 0.3 is 0 Å². The number of para-hydroxylation sites is 1. The van der Waals surface area contributed by atoms with Gasteiger partial charge < -0.3 is 14.8 Å². The van der Waals surface area contributed by atoms with Crippen LogP contribution in [-0.2, 0) is 14.6 Å². The molecule has 1 aliphatic heterocycles. The van der Waals surface area contributed by atoms with E-state index >= 15 is 0 Å². The molecule has 1 unspecified atom stereocenters. The molecular weight excluding hydrogens is 405 g/mol. The monoisotopic (exact) mass is 427 g/mol. The van der Waals surface area contributed by atoms with Gasteiger partial charge in [-0.15, -0.1) is 4.72 Å². The van der Waals surface area contributed by atoms with E-state index < -0.39 is 10.4 Å². The SMILES string of the molecule is O=[S+]([O-])(NC1CCN(c2nccc(Nc3ccccc3F)n2)CC1)c1ccccc1. The van der Waals surface area contributed by atoms with Gasteiger partial charge in [-0.1, -0.05) is 34.5 Å². The Morgan fingerprint density at radius 1 is 1.03 bits per heavy atom. The highest BCUT2D eigenvalue weighted by molar-refractivity contribution is 7.95. The number of sulfonamides is 1. The van der Waals surface area contributed by atoms with Crippen molar-refractivity contribution in [2.75, 3.05) is 23.3 Å². The Morgan fingerprint density at radius 3 is 2.47 bits per heavy atom. The second-order valence-electron chi connectivity index (χ2n) is 7.04. The van der Waals surface area contributed by atoms with Crippen LogP contribution in [0.5, 0.6) is 0 Å². The molecule has 0 radical (unpaired) electrons. The molecule has 1 saturated heterocycles. The summed E-state index contributed by atoms with van der Waals surface area (Å²) in [7, 11) is -3.53. The van der Waals surface area contributed by atoms with Crippen LogP contribution in [-0.4, -0.2) is 33.7 Å². The maximum absolute atomic E-state index is 13.9. The van der Waals surface area contributed by atoms with E-state index in [0.29, 0.717) is 43.4 Å². The Hall–Kier alpha value is -2.88. The largest absolute Gasteiger partial charge is 0.593 e. The number of aromatic nitrogens is 2. The number of benzene rings is 2. The average molecular weight is 428 g/mol. The normalized spacial score (nSPS) is 16.8. The minimum Gasteiger partial charge on any atom is -0.593 e. The highest BCUT2D eigenvalue weighted by Crippen LogP contribution is 2.23. The molecule has 1 atom stereocenters. The van der Waals surface area contributed by atoms with Gasteiger partial charge in [0.05, 0.1) is 11.7 Å². The number of rotatable bonds is 6. The Bertz CT molecular complexity index is 1040. The first-order valence-electron chi connectivity index (χ1n) is 9.68. The molecule has 2 aromatic carbocycles. The fraction of sp³-hybridized carbons (Fsp3) is 0.238. The molecule has 1 aliphatic rings. The number of hydrogen-bond donors (Lipinski definition) is 2. The average Bonchev–Trinajstić information content (AvgIpc) is 2.76. The van der Waals surface area contributed by atoms with E-state index in [4.69, 9.17) is 0 Å². The van der Waals surface area contributed by atoms with Crippen molar-refractivity contribution in [2.24, 2.45) is 0 Å². The maximum atomic E-state index is 13.9. The smallest absolute Gasteiger partial charge is 0.227 e. The molecule has 156 valence electrons. The molecule has 4 rings (SSSR count). The van der Waals surface area contributed by atoms with E-state index in [0.717, 1.165) is 0 Å². The minimum atomic E-state index is -3.53. The molecule has 0 amide bonds.